The van der Waals surface area contributed by atoms with Crippen LogP contribution in [0.3, 0.4) is 0 Å². The first-order valence-corrected chi connectivity index (χ1v) is 7.69. The first-order chi connectivity index (χ1) is 10.4. The second-order valence-electron chi connectivity index (χ2n) is 5.16. The van der Waals surface area contributed by atoms with Crippen LogP contribution < -0.4 is 0 Å². The van der Waals surface area contributed by atoms with Crippen LogP contribution in [0.4, 0.5) is 0 Å². The predicted octanol–water partition coefficient (Wildman–Crippen LogP) is 4.28. The predicted molar refractivity (Wildman–Crippen MR) is 89.4 cm³/mol. The van der Waals surface area contributed by atoms with Crippen molar-refractivity contribution in [2.24, 2.45) is 0 Å². The SMILES string of the molecule is COC(=O)c1ccc(CC(=O)c2c(C)cccc2C)c(Br)c1. The number of carbonyl (C=O) groups is 2. The lowest BCUT2D eigenvalue weighted by atomic mass is 9.95. The lowest BCUT2D eigenvalue weighted by Crippen LogP contribution is -2.09. The maximum absolute atomic E-state index is 12.6. The number of carbonyl (C=O) groups excluding carboxylic acids is 2. The number of esters is 1. The second kappa shape index (κ2) is 6.88. The number of rotatable bonds is 4. The van der Waals surface area contributed by atoms with E-state index in [0.29, 0.717) is 5.56 Å². The van der Waals surface area contributed by atoms with Crippen LogP contribution in [0.2, 0.25) is 0 Å². The Hall–Kier alpha value is -1.94. The van der Waals surface area contributed by atoms with Gasteiger partial charge in [0, 0.05) is 16.5 Å². The number of benzene rings is 2. The molecule has 0 spiro atoms. The van der Waals surface area contributed by atoms with Crippen LogP contribution in [0.5, 0.6) is 0 Å². The summed E-state index contributed by atoms with van der Waals surface area (Å²) in [6.07, 6.45) is 0.285. The largest absolute Gasteiger partial charge is 0.465 e. The van der Waals surface area contributed by atoms with Crippen LogP contribution in [0.1, 0.15) is 37.4 Å². The summed E-state index contributed by atoms with van der Waals surface area (Å²) in [5.74, 6) is -0.324. The summed E-state index contributed by atoms with van der Waals surface area (Å²) < 4.78 is 5.42. The van der Waals surface area contributed by atoms with Gasteiger partial charge in [-0.1, -0.05) is 40.2 Å². The zero-order chi connectivity index (χ0) is 16.3. The Labute approximate surface area is 138 Å². The van der Waals surface area contributed by atoms with Crippen molar-refractivity contribution >= 4 is 27.7 Å². The molecule has 0 amide bonds. The van der Waals surface area contributed by atoms with Crippen molar-refractivity contribution < 1.29 is 14.3 Å². The van der Waals surface area contributed by atoms with Gasteiger partial charge in [0.25, 0.3) is 0 Å². The third-order valence-electron chi connectivity index (χ3n) is 3.59. The van der Waals surface area contributed by atoms with E-state index in [1.807, 2.05) is 32.0 Å². The molecule has 2 aromatic rings. The monoisotopic (exact) mass is 360 g/mol. The highest BCUT2D eigenvalue weighted by Gasteiger charge is 2.15. The molecule has 0 bridgehead atoms. The number of halogens is 1. The molecule has 4 heteroatoms. The van der Waals surface area contributed by atoms with Gasteiger partial charge in [0.05, 0.1) is 12.7 Å². The van der Waals surface area contributed by atoms with E-state index in [2.05, 4.69) is 20.7 Å². The maximum Gasteiger partial charge on any atom is 0.337 e. The van der Waals surface area contributed by atoms with Crippen molar-refractivity contribution in [2.45, 2.75) is 20.3 Å². The molecule has 0 atom stereocenters. The Kier molecular flexibility index (Phi) is 5.14. The zero-order valence-electron chi connectivity index (χ0n) is 12.8. The van der Waals surface area contributed by atoms with Gasteiger partial charge in [0.1, 0.15) is 0 Å². The third kappa shape index (κ3) is 3.45. The molecule has 0 heterocycles. The molecule has 22 heavy (non-hydrogen) atoms. The normalized spacial score (nSPS) is 10.4. The van der Waals surface area contributed by atoms with Gasteiger partial charge in [0.15, 0.2) is 5.78 Å². The molecule has 0 saturated heterocycles. The van der Waals surface area contributed by atoms with E-state index >= 15 is 0 Å². The summed E-state index contributed by atoms with van der Waals surface area (Å²) in [5.41, 5.74) is 4.03. The fourth-order valence-electron chi connectivity index (χ4n) is 2.45. The van der Waals surface area contributed by atoms with Gasteiger partial charge in [-0.2, -0.15) is 0 Å². The lowest BCUT2D eigenvalue weighted by molar-refractivity contribution is 0.0600. The topological polar surface area (TPSA) is 43.4 Å². The standard InChI is InChI=1S/C18H17BrO3/c1-11-5-4-6-12(2)17(11)16(20)10-13-7-8-14(9-15(13)19)18(21)22-3/h4-9H,10H2,1-3H3. The molecule has 3 nitrogen and oxygen atoms in total. The van der Waals surface area contributed by atoms with E-state index in [9.17, 15) is 9.59 Å². The Morgan fingerprint density at radius 3 is 2.27 bits per heavy atom. The minimum absolute atomic E-state index is 0.0714. The molecular weight excluding hydrogens is 344 g/mol. The Balaban J connectivity index is 2.28. The molecule has 0 fully saturated rings. The highest BCUT2D eigenvalue weighted by molar-refractivity contribution is 9.10. The van der Waals surface area contributed by atoms with Crippen LogP contribution in [0.15, 0.2) is 40.9 Å². The fraction of sp³-hybridized carbons (Fsp3) is 0.222. The highest BCUT2D eigenvalue weighted by atomic mass is 79.9. The van der Waals surface area contributed by atoms with Crippen molar-refractivity contribution in [3.05, 3.63) is 68.7 Å². The Bertz CT molecular complexity index is 715. The number of aryl methyl sites for hydroxylation is 2. The van der Waals surface area contributed by atoms with Crippen LogP contribution in [0.25, 0.3) is 0 Å². The van der Waals surface area contributed by atoms with Crippen LogP contribution in [-0.4, -0.2) is 18.9 Å². The summed E-state index contributed by atoms with van der Waals surface area (Å²) in [4.78, 5) is 24.1. The Morgan fingerprint density at radius 1 is 1.09 bits per heavy atom. The molecule has 0 radical (unpaired) electrons. The van der Waals surface area contributed by atoms with E-state index < -0.39 is 5.97 Å². The number of Topliss-reactive ketones (excluding diaryl/α,β-unsaturated/α-hetero) is 1. The minimum Gasteiger partial charge on any atom is -0.465 e. The van der Waals surface area contributed by atoms with Gasteiger partial charge in [-0.05, 0) is 42.7 Å². The summed E-state index contributed by atoms with van der Waals surface area (Å²) in [5, 5.41) is 0. The fourth-order valence-corrected chi connectivity index (χ4v) is 2.97. The van der Waals surface area contributed by atoms with Crippen molar-refractivity contribution in [3.8, 4) is 0 Å². The molecular formula is C18H17BrO3. The first kappa shape index (κ1) is 16.4. The van der Waals surface area contributed by atoms with Gasteiger partial charge in [-0.15, -0.1) is 0 Å². The van der Waals surface area contributed by atoms with Gasteiger partial charge >= 0.3 is 5.97 Å². The van der Waals surface area contributed by atoms with Gasteiger partial charge in [0.2, 0.25) is 0 Å². The smallest absolute Gasteiger partial charge is 0.337 e. The van der Waals surface area contributed by atoms with E-state index in [1.165, 1.54) is 7.11 Å². The highest BCUT2D eigenvalue weighted by Crippen LogP contribution is 2.23. The molecule has 0 aliphatic carbocycles. The average molecular weight is 361 g/mol. The number of hydrogen-bond acceptors (Lipinski definition) is 3. The summed E-state index contributed by atoms with van der Waals surface area (Å²) in [6.45, 7) is 3.88. The quantitative estimate of drug-likeness (QED) is 0.603. The van der Waals surface area contributed by atoms with E-state index in [4.69, 9.17) is 0 Å². The van der Waals surface area contributed by atoms with Gasteiger partial charge in [-0.3, -0.25) is 4.79 Å². The third-order valence-corrected chi connectivity index (χ3v) is 4.32. The molecule has 114 valence electrons. The molecule has 0 unspecified atom stereocenters. The van der Waals surface area contributed by atoms with Crippen molar-refractivity contribution in [1.29, 1.82) is 0 Å². The molecule has 2 aromatic carbocycles. The van der Waals surface area contributed by atoms with Crippen molar-refractivity contribution in [3.63, 3.8) is 0 Å². The van der Waals surface area contributed by atoms with Crippen LogP contribution in [-0.2, 0) is 11.2 Å². The van der Waals surface area contributed by atoms with Crippen LogP contribution >= 0.6 is 15.9 Å². The zero-order valence-corrected chi connectivity index (χ0v) is 14.4. The molecule has 2 rings (SSSR count). The number of ketones is 1. The molecule has 0 aliphatic heterocycles. The van der Waals surface area contributed by atoms with Crippen LogP contribution in [0, 0.1) is 13.8 Å². The molecule has 0 saturated carbocycles. The second-order valence-corrected chi connectivity index (χ2v) is 6.02. The van der Waals surface area contributed by atoms with E-state index in [0.717, 1.165) is 26.7 Å². The molecule has 0 aliphatic rings. The Morgan fingerprint density at radius 2 is 1.73 bits per heavy atom. The van der Waals surface area contributed by atoms with E-state index in [1.54, 1.807) is 18.2 Å². The maximum atomic E-state index is 12.6. The van der Waals surface area contributed by atoms with E-state index in [-0.39, 0.29) is 12.2 Å². The number of hydrogen-bond donors (Lipinski definition) is 0. The summed E-state index contributed by atoms with van der Waals surface area (Å²) in [7, 11) is 1.34. The molecule has 0 aromatic heterocycles. The number of ether oxygens (including phenoxy) is 1. The molecule has 0 N–H and O–H groups in total. The lowest BCUT2D eigenvalue weighted by Gasteiger charge is -2.10. The first-order valence-electron chi connectivity index (χ1n) is 6.90. The minimum atomic E-state index is -0.395. The average Bonchev–Trinajstić information content (AvgIpc) is 2.48. The van der Waals surface area contributed by atoms with Gasteiger partial charge < -0.3 is 4.74 Å². The number of methoxy groups -OCH3 is 1. The van der Waals surface area contributed by atoms with Gasteiger partial charge in [-0.25, -0.2) is 4.79 Å². The summed E-state index contributed by atoms with van der Waals surface area (Å²) >= 11 is 3.42. The van der Waals surface area contributed by atoms with Crippen molar-refractivity contribution in [1.82, 2.24) is 0 Å². The van der Waals surface area contributed by atoms with Crippen molar-refractivity contribution in [2.75, 3.05) is 7.11 Å². The summed E-state index contributed by atoms with van der Waals surface area (Å²) in [6, 6.07) is 11.0.